The van der Waals surface area contributed by atoms with Crippen LogP contribution in [-0.2, 0) is 4.79 Å². The lowest BCUT2D eigenvalue weighted by molar-refractivity contribution is -0.155. The molecule has 0 saturated heterocycles. The summed E-state index contributed by atoms with van der Waals surface area (Å²) in [6.45, 7) is 5.74. The summed E-state index contributed by atoms with van der Waals surface area (Å²) in [5.41, 5.74) is 0.696. The van der Waals surface area contributed by atoms with Crippen LogP contribution in [0.5, 0.6) is 0 Å². The molecule has 68 valence electrons. The number of rotatable bonds is 4. The molecule has 1 aliphatic rings. The zero-order valence-corrected chi connectivity index (χ0v) is 7.60. The fourth-order valence-electron chi connectivity index (χ4n) is 1.63. The normalized spacial score (nSPS) is 19.8. The first-order valence-electron chi connectivity index (χ1n) is 4.45. The SMILES string of the molecule is C=C(C)CCC1(C(=O)O)CCC1. The molecule has 0 radical (unpaired) electrons. The van der Waals surface area contributed by atoms with E-state index in [1.807, 2.05) is 6.92 Å². The number of carbonyl (C=O) groups is 1. The summed E-state index contributed by atoms with van der Waals surface area (Å²) in [5.74, 6) is -0.616. The lowest BCUT2D eigenvalue weighted by atomic mass is 9.66. The number of carboxylic acids is 1. The molecule has 1 N–H and O–H groups in total. The Morgan fingerprint density at radius 1 is 1.58 bits per heavy atom. The van der Waals surface area contributed by atoms with Gasteiger partial charge in [0.05, 0.1) is 5.41 Å². The van der Waals surface area contributed by atoms with Crippen LogP contribution < -0.4 is 0 Å². The van der Waals surface area contributed by atoms with Gasteiger partial charge in [0.25, 0.3) is 0 Å². The summed E-state index contributed by atoms with van der Waals surface area (Å²) in [6.07, 6.45) is 4.41. The van der Waals surface area contributed by atoms with Crippen LogP contribution in [0.25, 0.3) is 0 Å². The van der Waals surface area contributed by atoms with Gasteiger partial charge >= 0.3 is 5.97 Å². The molecule has 0 aromatic carbocycles. The molecule has 2 heteroatoms. The van der Waals surface area contributed by atoms with Gasteiger partial charge in [-0.1, -0.05) is 12.0 Å². The molecule has 12 heavy (non-hydrogen) atoms. The van der Waals surface area contributed by atoms with E-state index in [1.54, 1.807) is 0 Å². The van der Waals surface area contributed by atoms with Crippen molar-refractivity contribution in [2.45, 2.75) is 39.0 Å². The van der Waals surface area contributed by atoms with E-state index in [2.05, 4.69) is 6.58 Å². The molecule has 0 aromatic rings. The van der Waals surface area contributed by atoms with Crippen LogP contribution >= 0.6 is 0 Å². The van der Waals surface area contributed by atoms with E-state index in [1.165, 1.54) is 0 Å². The highest BCUT2D eigenvalue weighted by molar-refractivity contribution is 5.75. The average molecular weight is 168 g/mol. The molecule has 0 bridgehead atoms. The fourth-order valence-corrected chi connectivity index (χ4v) is 1.63. The largest absolute Gasteiger partial charge is 0.481 e. The second kappa shape index (κ2) is 3.30. The third-order valence-corrected chi connectivity index (χ3v) is 2.79. The summed E-state index contributed by atoms with van der Waals surface area (Å²) in [5, 5.41) is 8.97. The van der Waals surface area contributed by atoms with Crippen LogP contribution in [0.15, 0.2) is 12.2 Å². The van der Waals surface area contributed by atoms with Gasteiger partial charge in [0.1, 0.15) is 0 Å². The molecule has 0 spiro atoms. The molecule has 1 rings (SSSR count). The van der Waals surface area contributed by atoms with E-state index in [9.17, 15) is 4.79 Å². The average Bonchev–Trinajstić information content (AvgIpc) is 1.83. The van der Waals surface area contributed by atoms with Gasteiger partial charge in [-0.05, 0) is 32.6 Å². The van der Waals surface area contributed by atoms with Crippen molar-refractivity contribution in [3.05, 3.63) is 12.2 Å². The summed E-state index contributed by atoms with van der Waals surface area (Å²) >= 11 is 0. The molecular formula is C10H16O2. The first-order chi connectivity index (χ1) is 5.57. The molecule has 0 heterocycles. The van der Waals surface area contributed by atoms with Crippen molar-refractivity contribution in [2.75, 3.05) is 0 Å². The Morgan fingerprint density at radius 3 is 2.42 bits per heavy atom. The zero-order valence-electron chi connectivity index (χ0n) is 7.60. The van der Waals surface area contributed by atoms with Crippen molar-refractivity contribution in [2.24, 2.45) is 5.41 Å². The van der Waals surface area contributed by atoms with Gasteiger partial charge in [0.15, 0.2) is 0 Å². The quantitative estimate of drug-likeness (QED) is 0.655. The standard InChI is InChI=1S/C10H16O2/c1-8(2)4-7-10(9(11)12)5-3-6-10/h1,3-7H2,2H3,(H,11,12). The Bertz CT molecular complexity index is 202. The van der Waals surface area contributed by atoms with Gasteiger partial charge < -0.3 is 5.11 Å². The van der Waals surface area contributed by atoms with Crippen LogP contribution in [0.2, 0.25) is 0 Å². The summed E-state index contributed by atoms with van der Waals surface area (Å²) < 4.78 is 0. The number of hydrogen-bond acceptors (Lipinski definition) is 1. The van der Waals surface area contributed by atoms with Gasteiger partial charge in [-0.15, -0.1) is 6.58 Å². The minimum atomic E-state index is -0.616. The van der Waals surface area contributed by atoms with E-state index in [0.717, 1.165) is 37.7 Å². The van der Waals surface area contributed by atoms with E-state index in [-0.39, 0.29) is 5.41 Å². The van der Waals surface area contributed by atoms with E-state index in [4.69, 9.17) is 5.11 Å². The molecule has 0 amide bonds. The molecule has 0 aliphatic heterocycles. The molecule has 0 unspecified atom stereocenters. The summed E-state index contributed by atoms with van der Waals surface area (Å²) in [4.78, 5) is 10.9. The fraction of sp³-hybridized carbons (Fsp3) is 0.700. The molecule has 1 fully saturated rings. The lowest BCUT2D eigenvalue weighted by Gasteiger charge is -2.37. The summed E-state index contributed by atoms with van der Waals surface area (Å²) in [7, 11) is 0. The van der Waals surface area contributed by atoms with Crippen molar-refractivity contribution in [1.82, 2.24) is 0 Å². The molecule has 1 aliphatic carbocycles. The van der Waals surface area contributed by atoms with E-state index < -0.39 is 5.97 Å². The van der Waals surface area contributed by atoms with Gasteiger partial charge in [-0.25, -0.2) is 0 Å². The van der Waals surface area contributed by atoms with E-state index in [0.29, 0.717) is 0 Å². The number of hydrogen-bond donors (Lipinski definition) is 1. The maximum Gasteiger partial charge on any atom is 0.309 e. The summed E-state index contributed by atoms with van der Waals surface area (Å²) in [6, 6.07) is 0. The Hall–Kier alpha value is -0.790. The lowest BCUT2D eigenvalue weighted by Crippen LogP contribution is -2.37. The predicted molar refractivity (Wildman–Crippen MR) is 48.0 cm³/mol. The van der Waals surface area contributed by atoms with Crippen molar-refractivity contribution < 1.29 is 9.90 Å². The first kappa shape index (κ1) is 9.30. The van der Waals surface area contributed by atoms with Crippen LogP contribution in [-0.4, -0.2) is 11.1 Å². The highest BCUT2D eigenvalue weighted by Gasteiger charge is 2.43. The van der Waals surface area contributed by atoms with Gasteiger partial charge in [0, 0.05) is 0 Å². The minimum absolute atomic E-state index is 0.390. The highest BCUT2D eigenvalue weighted by atomic mass is 16.4. The van der Waals surface area contributed by atoms with Crippen LogP contribution in [0.1, 0.15) is 39.0 Å². The second-order valence-electron chi connectivity index (χ2n) is 3.90. The van der Waals surface area contributed by atoms with Crippen molar-refractivity contribution in [1.29, 1.82) is 0 Å². The van der Waals surface area contributed by atoms with Crippen LogP contribution in [0.4, 0.5) is 0 Å². The third kappa shape index (κ3) is 1.68. The number of carboxylic acid groups (broad SMARTS) is 1. The van der Waals surface area contributed by atoms with Gasteiger partial charge in [-0.2, -0.15) is 0 Å². The molecule has 2 nitrogen and oxygen atoms in total. The Kier molecular flexibility index (Phi) is 2.55. The topological polar surface area (TPSA) is 37.3 Å². The molecule has 0 aromatic heterocycles. The van der Waals surface area contributed by atoms with Crippen molar-refractivity contribution >= 4 is 5.97 Å². The third-order valence-electron chi connectivity index (χ3n) is 2.79. The smallest absolute Gasteiger partial charge is 0.309 e. The Balaban J connectivity index is 2.45. The first-order valence-corrected chi connectivity index (χ1v) is 4.45. The minimum Gasteiger partial charge on any atom is -0.481 e. The Labute approximate surface area is 73.3 Å². The number of allylic oxidation sites excluding steroid dienone is 1. The highest BCUT2D eigenvalue weighted by Crippen LogP contribution is 2.45. The van der Waals surface area contributed by atoms with Crippen molar-refractivity contribution in [3.8, 4) is 0 Å². The maximum atomic E-state index is 10.9. The predicted octanol–water partition coefficient (Wildman–Crippen LogP) is 2.60. The van der Waals surface area contributed by atoms with Gasteiger partial charge in [-0.3, -0.25) is 4.79 Å². The molecule has 0 atom stereocenters. The van der Waals surface area contributed by atoms with Crippen LogP contribution in [0.3, 0.4) is 0 Å². The van der Waals surface area contributed by atoms with Gasteiger partial charge in [0.2, 0.25) is 0 Å². The van der Waals surface area contributed by atoms with Crippen molar-refractivity contribution in [3.63, 3.8) is 0 Å². The Morgan fingerprint density at radius 2 is 2.17 bits per heavy atom. The second-order valence-corrected chi connectivity index (χ2v) is 3.90. The number of aliphatic carboxylic acids is 1. The molecule has 1 saturated carbocycles. The maximum absolute atomic E-state index is 10.9. The van der Waals surface area contributed by atoms with E-state index >= 15 is 0 Å². The zero-order chi connectivity index (χ0) is 9.19. The molecular weight excluding hydrogens is 152 g/mol. The van der Waals surface area contributed by atoms with Crippen LogP contribution in [0, 0.1) is 5.41 Å². The monoisotopic (exact) mass is 168 g/mol.